The minimum absolute atomic E-state index is 0.0139. The van der Waals surface area contributed by atoms with Crippen LogP contribution >= 0.6 is 0 Å². The van der Waals surface area contributed by atoms with Gasteiger partial charge < -0.3 is 14.2 Å². The summed E-state index contributed by atoms with van der Waals surface area (Å²) < 4.78 is 16.9. The van der Waals surface area contributed by atoms with E-state index in [1.54, 1.807) is 0 Å². The Morgan fingerprint density at radius 1 is 1.21 bits per heavy atom. The zero-order valence-electron chi connectivity index (χ0n) is 18.6. The van der Waals surface area contributed by atoms with Gasteiger partial charge in [-0.15, -0.1) is 0 Å². The van der Waals surface area contributed by atoms with E-state index in [9.17, 15) is 9.59 Å². The molecule has 5 heteroatoms. The molecule has 1 fully saturated rings. The van der Waals surface area contributed by atoms with Crippen molar-refractivity contribution in [2.45, 2.75) is 91.0 Å². The van der Waals surface area contributed by atoms with Gasteiger partial charge in [0.25, 0.3) is 0 Å². The molecule has 0 aromatic rings. The minimum Gasteiger partial charge on any atom is -0.461 e. The molecule has 29 heavy (non-hydrogen) atoms. The van der Waals surface area contributed by atoms with Crippen LogP contribution in [0.2, 0.25) is 0 Å². The molecule has 0 amide bonds. The first-order valence-electron chi connectivity index (χ1n) is 10.6. The minimum atomic E-state index is -0.419. The maximum absolute atomic E-state index is 11.8. The van der Waals surface area contributed by atoms with Crippen molar-refractivity contribution in [1.29, 1.82) is 0 Å². The van der Waals surface area contributed by atoms with Crippen LogP contribution < -0.4 is 0 Å². The van der Waals surface area contributed by atoms with Crippen LogP contribution in [0.15, 0.2) is 35.5 Å². The van der Waals surface area contributed by atoms with Gasteiger partial charge in [0.1, 0.15) is 12.7 Å². The molecule has 0 aromatic carbocycles. The topological polar surface area (TPSA) is 65.1 Å². The Bertz CT molecular complexity index is 689. The number of hydrogen-bond donors (Lipinski definition) is 0. The Balaban J connectivity index is 2.31. The zero-order chi connectivity index (χ0) is 21.6. The number of ether oxygens (including phenoxy) is 3. The summed E-state index contributed by atoms with van der Waals surface area (Å²) >= 11 is 0. The first-order chi connectivity index (χ1) is 13.6. The summed E-state index contributed by atoms with van der Waals surface area (Å²) in [6.07, 6.45) is 9.44. The van der Waals surface area contributed by atoms with Crippen molar-refractivity contribution in [1.82, 2.24) is 0 Å². The van der Waals surface area contributed by atoms with E-state index in [0.717, 1.165) is 49.7 Å². The van der Waals surface area contributed by atoms with Crippen molar-refractivity contribution in [2.24, 2.45) is 5.92 Å². The number of esters is 2. The van der Waals surface area contributed by atoms with E-state index in [1.807, 2.05) is 13.0 Å². The van der Waals surface area contributed by atoms with Crippen molar-refractivity contribution in [3.63, 3.8) is 0 Å². The van der Waals surface area contributed by atoms with Crippen LogP contribution in [-0.2, 0) is 23.8 Å². The average Bonchev–Trinajstić information content (AvgIpc) is 3.25. The summed E-state index contributed by atoms with van der Waals surface area (Å²) in [6.45, 7) is 13.5. The van der Waals surface area contributed by atoms with Crippen molar-refractivity contribution in [3.8, 4) is 0 Å². The lowest BCUT2D eigenvalue weighted by Gasteiger charge is -2.26. The Morgan fingerprint density at radius 2 is 1.93 bits per heavy atom. The van der Waals surface area contributed by atoms with Crippen LogP contribution in [0.1, 0.15) is 73.1 Å². The van der Waals surface area contributed by atoms with E-state index < -0.39 is 6.10 Å². The van der Waals surface area contributed by atoms with Crippen LogP contribution in [0.3, 0.4) is 0 Å². The Hall–Kier alpha value is -1.88. The molecule has 1 saturated heterocycles. The van der Waals surface area contributed by atoms with Gasteiger partial charge in [0.15, 0.2) is 0 Å². The zero-order valence-corrected chi connectivity index (χ0v) is 18.6. The Morgan fingerprint density at radius 3 is 2.55 bits per heavy atom. The molecular formula is C24H36O5. The van der Waals surface area contributed by atoms with Crippen LogP contribution in [-0.4, -0.2) is 36.4 Å². The van der Waals surface area contributed by atoms with E-state index in [2.05, 4.69) is 26.5 Å². The van der Waals surface area contributed by atoms with Gasteiger partial charge in [-0.3, -0.25) is 9.59 Å². The second kappa shape index (κ2) is 10.2. The summed E-state index contributed by atoms with van der Waals surface area (Å²) in [5.74, 6) is -0.630. The molecule has 0 saturated carbocycles. The van der Waals surface area contributed by atoms with E-state index in [4.69, 9.17) is 14.2 Å². The lowest BCUT2D eigenvalue weighted by molar-refractivity contribution is -0.146. The van der Waals surface area contributed by atoms with Crippen molar-refractivity contribution in [2.75, 3.05) is 6.61 Å². The van der Waals surface area contributed by atoms with Crippen molar-refractivity contribution >= 4 is 11.9 Å². The highest BCUT2D eigenvalue weighted by atomic mass is 16.6. The van der Waals surface area contributed by atoms with Crippen LogP contribution in [0, 0.1) is 5.92 Å². The molecule has 1 aliphatic heterocycles. The molecule has 1 unspecified atom stereocenters. The lowest BCUT2D eigenvalue weighted by atomic mass is 9.86. The van der Waals surface area contributed by atoms with Gasteiger partial charge in [-0.2, -0.15) is 0 Å². The molecule has 5 nitrogen and oxygen atoms in total. The third-order valence-corrected chi connectivity index (χ3v) is 5.94. The average molecular weight is 405 g/mol. The fourth-order valence-electron chi connectivity index (χ4n) is 4.03. The van der Waals surface area contributed by atoms with E-state index in [0.29, 0.717) is 0 Å². The highest BCUT2D eigenvalue weighted by Gasteiger charge is 2.50. The normalized spacial score (nSPS) is 34.3. The Kier molecular flexibility index (Phi) is 8.26. The van der Waals surface area contributed by atoms with Gasteiger partial charge in [-0.05, 0) is 70.9 Å². The summed E-state index contributed by atoms with van der Waals surface area (Å²) in [5, 5.41) is 0. The highest BCUT2D eigenvalue weighted by Crippen LogP contribution is 2.44. The molecule has 2 rings (SSSR count). The number of epoxide rings is 1. The Labute approximate surface area is 175 Å². The summed E-state index contributed by atoms with van der Waals surface area (Å²) in [6, 6.07) is 0. The van der Waals surface area contributed by atoms with Gasteiger partial charge in [0, 0.05) is 19.8 Å². The van der Waals surface area contributed by atoms with Crippen molar-refractivity contribution in [3.05, 3.63) is 35.5 Å². The van der Waals surface area contributed by atoms with E-state index in [1.165, 1.54) is 19.4 Å². The first kappa shape index (κ1) is 23.4. The smallest absolute Gasteiger partial charge is 0.303 e. The monoisotopic (exact) mass is 404 g/mol. The molecule has 1 aliphatic carbocycles. The fraction of sp³-hybridized carbons (Fsp3) is 0.667. The molecule has 0 radical (unpaired) electrons. The molecule has 0 N–H and O–H groups in total. The maximum Gasteiger partial charge on any atom is 0.303 e. The van der Waals surface area contributed by atoms with Gasteiger partial charge in [-0.1, -0.05) is 23.8 Å². The molecule has 0 aromatic heterocycles. The summed E-state index contributed by atoms with van der Waals surface area (Å²) in [4.78, 5) is 23.2. The van der Waals surface area contributed by atoms with E-state index in [-0.39, 0.29) is 36.2 Å². The first-order valence-corrected chi connectivity index (χ1v) is 10.6. The third-order valence-electron chi connectivity index (χ3n) is 5.94. The standard InChI is InChI=1S/C24H36O5/c1-16(2)21-11-9-17(3)8-7-13-24(6)23(29-24)12-10-20(15-27-18(4)25)14-22(21)28-19(5)26/h8,14,21-23H,1,7,9-13,15H2,2-6H3/b17-8+,20-14+/t21-,22?,23-,24-/m1/s1. The summed E-state index contributed by atoms with van der Waals surface area (Å²) in [7, 11) is 0. The third kappa shape index (κ3) is 7.46. The highest BCUT2D eigenvalue weighted by molar-refractivity contribution is 5.66. The van der Waals surface area contributed by atoms with Gasteiger partial charge >= 0.3 is 11.9 Å². The van der Waals surface area contributed by atoms with Crippen molar-refractivity contribution < 1.29 is 23.8 Å². The summed E-state index contributed by atoms with van der Waals surface area (Å²) in [5.41, 5.74) is 3.21. The molecule has 0 spiro atoms. The maximum atomic E-state index is 11.8. The van der Waals surface area contributed by atoms with Crippen LogP contribution in [0.4, 0.5) is 0 Å². The number of carbonyl (C=O) groups is 2. The SMILES string of the molecule is C=C(C)[C@H]1CC/C(C)=C/CC[C@@]2(C)O[C@@H]2CC/C(COC(C)=O)=C\C1OC(C)=O. The predicted octanol–water partition coefficient (Wildman–Crippen LogP) is 5.06. The molecule has 2 aliphatic rings. The quantitative estimate of drug-likeness (QED) is 0.372. The molecular weight excluding hydrogens is 368 g/mol. The fourth-order valence-corrected chi connectivity index (χ4v) is 4.03. The largest absolute Gasteiger partial charge is 0.461 e. The number of fused-ring (bicyclic) bond motifs is 1. The lowest BCUT2D eigenvalue weighted by Crippen LogP contribution is -2.26. The molecule has 1 heterocycles. The van der Waals surface area contributed by atoms with Gasteiger partial charge in [-0.25, -0.2) is 0 Å². The number of hydrogen-bond acceptors (Lipinski definition) is 5. The van der Waals surface area contributed by atoms with Gasteiger partial charge in [0.2, 0.25) is 0 Å². The number of rotatable bonds is 4. The molecule has 0 bridgehead atoms. The van der Waals surface area contributed by atoms with Gasteiger partial charge in [0.05, 0.1) is 11.7 Å². The van der Waals surface area contributed by atoms with E-state index >= 15 is 0 Å². The second-order valence-electron chi connectivity index (χ2n) is 8.72. The van der Waals surface area contributed by atoms with Crippen LogP contribution in [0.25, 0.3) is 0 Å². The number of carbonyl (C=O) groups excluding carboxylic acids is 2. The molecule has 162 valence electrons. The predicted molar refractivity (Wildman–Crippen MR) is 113 cm³/mol. The second-order valence-corrected chi connectivity index (χ2v) is 8.72. The van der Waals surface area contributed by atoms with Crippen LogP contribution in [0.5, 0.6) is 0 Å². The number of allylic oxidation sites excluding steroid dienone is 2. The molecule has 4 atom stereocenters.